The van der Waals surface area contributed by atoms with Gasteiger partial charge < -0.3 is 9.47 Å². The number of sulfone groups is 1. The van der Waals surface area contributed by atoms with E-state index in [4.69, 9.17) is 0 Å². The van der Waals surface area contributed by atoms with Crippen molar-refractivity contribution in [1.29, 1.82) is 0 Å². The van der Waals surface area contributed by atoms with Gasteiger partial charge in [0.15, 0.2) is 15.6 Å². The highest BCUT2D eigenvalue weighted by Gasteiger charge is 2.48. The first-order valence-corrected chi connectivity index (χ1v) is 13.2. The van der Waals surface area contributed by atoms with Gasteiger partial charge in [-0.05, 0) is 29.3 Å². The molecule has 4 aromatic rings. The van der Waals surface area contributed by atoms with Gasteiger partial charge in [0.2, 0.25) is 5.91 Å². The van der Waals surface area contributed by atoms with Gasteiger partial charge >= 0.3 is 0 Å². The number of amides is 1. The molecule has 0 N–H and O–H groups in total. The number of hydrogen-bond donors (Lipinski definition) is 0. The summed E-state index contributed by atoms with van der Waals surface area (Å²) in [6, 6.07) is 25.6. The SMILES string of the molecule is O=C1CC2c3c(c4ccccc4n3Cc3ccccc3)CC(=O)N2CC1S(=O)(=O)c1ccccc1. The lowest BCUT2D eigenvalue weighted by atomic mass is 9.89. The van der Waals surface area contributed by atoms with Crippen molar-refractivity contribution in [3.63, 3.8) is 0 Å². The van der Waals surface area contributed by atoms with Crippen LogP contribution in [0, 0.1) is 0 Å². The first-order chi connectivity index (χ1) is 16.9. The molecule has 1 saturated heterocycles. The number of piperidine rings is 1. The van der Waals surface area contributed by atoms with E-state index in [1.54, 1.807) is 23.1 Å². The van der Waals surface area contributed by atoms with Gasteiger partial charge in [0.05, 0.1) is 17.4 Å². The molecular weight excluding hydrogens is 460 g/mol. The van der Waals surface area contributed by atoms with Crippen LogP contribution in [0.2, 0.25) is 0 Å². The molecule has 1 amide bonds. The smallest absolute Gasteiger partial charge is 0.227 e. The van der Waals surface area contributed by atoms with Gasteiger partial charge in [0.25, 0.3) is 0 Å². The van der Waals surface area contributed by atoms with Crippen molar-refractivity contribution in [1.82, 2.24) is 9.47 Å². The Bertz CT molecular complexity index is 1560. The maximum Gasteiger partial charge on any atom is 0.227 e. The van der Waals surface area contributed by atoms with Crippen LogP contribution in [0.15, 0.2) is 89.8 Å². The van der Waals surface area contributed by atoms with Crippen molar-refractivity contribution < 1.29 is 18.0 Å². The van der Waals surface area contributed by atoms with Crippen molar-refractivity contribution >= 4 is 32.4 Å². The standard InChI is InChI=1S/C28H24N2O4S/c31-25-16-24-28-22(21-13-7-8-14-23(21)30(28)17-19-9-3-1-4-10-19)15-27(32)29(24)18-26(25)35(33,34)20-11-5-2-6-12-20/h1-14,24,26H,15-18H2. The van der Waals surface area contributed by atoms with Gasteiger partial charge in [-0.25, -0.2) is 8.42 Å². The molecule has 35 heavy (non-hydrogen) atoms. The molecule has 1 fully saturated rings. The third kappa shape index (κ3) is 3.49. The van der Waals surface area contributed by atoms with Crippen LogP contribution in [0.25, 0.3) is 10.9 Å². The number of hydrogen-bond acceptors (Lipinski definition) is 4. The molecule has 2 atom stereocenters. The summed E-state index contributed by atoms with van der Waals surface area (Å²) < 4.78 is 28.8. The second kappa shape index (κ2) is 8.20. The van der Waals surface area contributed by atoms with Crippen molar-refractivity contribution in [2.45, 2.75) is 35.6 Å². The summed E-state index contributed by atoms with van der Waals surface area (Å²) in [5, 5.41) is -0.239. The molecule has 0 saturated carbocycles. The Labute approximate surface area is 203 Å². The summed E-state index contributed by atoms with van der Waals surface area (Å²) in [7, 11) is -3.90. The highest BCUT2D eigenvalue weighted by atomic mass is 32.2. The van der Waals surface area contributed by atoms with Gasteiger partial charge in [0.1, 0.15) is 5.25 Å². The van der Waals surface area contributed by atoms with Gasteiger partial charge in [-0.15, -0.1) is 0 Å². The van der Waals surface area contributed by atoms with E-state index >= 15 is 0 Å². The number of benzene rings is 3. The minimum Gasteiger partial charge on any atom is -0.338 e. The Balaban J connectivity index is 1.45. The lowest BCUT2D eigenvalue weighted by Crippen LogP contribution is -2.54. The molecular formula is C28H24N2O4S. The zero-order valence-electron chi connectivity index (χ0n) is 19.0. The first kappa shape index (κ1) is 21.8. The first-order valence-electron chi connectivity index (χ1n) is 11.7. The van der Waals surface area contributed by atoms with E-state index < -0.39 is 21.1 Å². The molecule has 7 heteroatoms. The number of carbonyl (C=O) groups is 2. The molecule has 6 rings (SSSR count). The van der Waals surface area contributed by atoms with E-state index in [0.717, 1.165) is 27.7 Å². The minimum absolute atomic E-state index is 0.0133. The number of rotatable bonds is 4. The molecule has 0 aliphatic carbocycles. The molecule has 2 aliphatic heterocycles. The van der Waals surface area contributed by atoms with Crippen molar-refractivity contribution in [3.8, 4) is 0 Å². The molecule has 3 aromatic carbocycles. The number of aromatic nitrogens is 1. The molecule has 2 aliphatic rings. The zero-order chi connectivity index (χ0) is 24.2. The molecule has 2 unspecified atom stereocenters. The lowest BCUT2D eigenvalue weighted by Gasteiger charge is -2.42. The predicted molar refractivity (Wildman–Crippen MR) is 133 cm³/mol. The summed E-state index contributed by atoms with van der Waals surface area (Å²) in [6.07, 6.45) is 0.182. The van der Waals surface area contributed by atoms with Gasteiger partial charge in [0, 0.05) is 36.1 Å². The number of para-hydroxylation sites is 1. The summed E-state index contributed by atoms with van der Waals surface area (Å²) in [5.74, 6) is -0.474. The van der Waals surface area contributed by atoms with Crippen LogP contribution < -0.4 is 0 Å². The molecule has 0 spiro atoms. The van der Waals surface area contributed by atoms with Crippen LogP contribution in [-0.4, -0.2) is 41.4 Å². The fraction of sp³-hybridized carbons (Fsp3) is 0.214. The van der Waals surface area contributed by atoms with E-state index in [1.165, 1.54) is 12.1 Å². The summed E-state index contributed by atoms with van der Waals surface area (Å²) >= 11 is 0. The van der Waals surface area contributed by atoms with Crippen LogP contribution in [0.4, 0.5) is 0 Å². The van der Waals surface area contributed by atoms with Crippen molar-refractivity contribution in [2.75, 3.05) is 6.54 Å². The molecule has 0 radical (unpaired) electrons. The lowest BCUT2D eigenvalue weighted by molar-refractivity contribution is -0.138. The van der Waals surface area contributed by atoms with E-state index in [-0.39, 0.29) is 36.0 Å². The predicted octanol–water partition coefficient (Wildman–Crippen LogP) is 3.93. The van der Waals surface area contributed by atoms with E-state index in [0.29, 0.717) is 6.54 Å². The summed E-state index contributed by atoms with van der Waals surface area (Å²) in [4.78, 5) is 28.4. The third-order valence-corrected chi connectivity index (χ3v) is 9.30. The highest BCUT2D eigenvalue weighted by Crippen LogP contribution is 2.42. The molecule has 6 nitrogen and oxygen atoms in total. The third-order valence-electron chi connectivity index (χ3n) is 7.21. The average Bonchev–Trinajstić information content (AvgIpc) is 3.18. The normalized spacial score (nSPS) is 20.1. The van der Waals surface area contributed by atoms with Crippen molar-refractivity contribution in [3.05, 3.63) is 102 Å². The second-order valence-electron chi connectivity index (χ2n) is 9.21. The topological polar surface area (TPSA) is 76.5 Å². The van der Waals surface area contributed by atoms with Crippen LogP contribution in [0.1, 0.15) is 29.3 Å². The quantitative estimate of drug-likeness (QED) is 0.440. The van der Waals surface area contributed by atoms with Gasteiger partial charge in [-0.3, -0.25) is 9.59 Å². The monoisotopic (exact) mass is 484 g/mol. The van der Waals surface area contributed by atoms with Crippen LogP contribution >= 0.6 is 0 Å². The molecule has 0 bridgehead atoms. The maximum atomic E-state index is 13.3. The molecule has 1 aromatic heterocycles. The summed E-state index contributed by atoms with van der Waals surface area (Å²) in [5.41, 5.74) is 4.02. The van der Waals surface area contributed by atoms with Crippen LogP contribution in [-0.2, 0) is 32.4 Å². The average molecular weight is 485 g/mol. The second-order valence-corrected chi connectivity index (χ2v) is 11.3. The van der Waals surface area contributed by atoms with E-state index in [1.807, 2.05) is 42.5 Å². The minimum atomic E-state index is -3.90. The van der Waals surface area contributed by atoms with Gasteiger partial charge in [-0.1, -0.05) is 66.7 Å². The Morgan fingerprint density at radius 1 is 0.829 bits per heavy atom. The Kier molecular flexibility index (Phi) is 5.11. The Morgan fingerprint density at radius 2 is 1.49 bits per heavy atom. The van der Waals surface area contributed by atoms with E-state index in [2.05, 4.69) is 16.7 Å². The maximum absolute atomic E-state index is 13.3. The fourth-order valence-electron chi connectivity index (χ4n) is 5.56. The number of fused-ring (bicyclic) bond motifs is 5. The summed E-state index contributed by atoms with van der Waals surface area (Å²) in [6.45, 7) is 0.487. The zero-order valence-corrected chi connectivity index (χ0v) is 19.8. The van der Waals surface area contributed by atoms with E-state index in [9.17, 15) is 18.0 Å². The number of carbonyl (C=O) groups excluding carboxylic acids is 2. The Morgan fingerprint density at radius 3 is 2.23 bits per heavy atom. The number of ketones is 1. The largest absolute Gasteiger partial charge is 0.338 e. The number of nitrogens with zero attached hydrogens (tertiary/aromatic N) is 2. The van der Waals surface area contributed by atoms with Crippen LogP contribution in [0.5, 0.6) is 0 Å². The molecule has 176 valence electrons. The molecule has 3 heterocycles. The number of Topliss-reactive ketones (excluding diaryl/α,β-unsaturated/α-hetero) is 1. The van der Waals surface area contributed by atoms with Crippen molar-refractivity contribution in [2.24, 2.45) is 0 Å². The highest BCUT2D eigenvalue weighted by molar-refractivity contribution is 7.92. The van der Waals surface area contributed by atoms with Crippen LogP contribution in [0.3, 0.4) is 0 Å². The Hall–Kier alpha value is -3.71. The van der Waals surface area contributed by atoms with Gasteiger partial charge in [-0.2, -0.15) is 0 Å². The fourth-order valence-corrected chi connectivity index (χ4v) is 7.22.